The molecule has 0 bridgehead atoms. The second-order valence-electron chi connectivity index (χ2n) is 4.52. The Morgan fingerprint density at radius 1 is 1.00 bits per heavy atom. The van der Waals surface area contributed by atoms with Crippen molar-refractivity contribution in [3.05, 3.63) is 42.2 Å². The van der Waals surface area contributed by atoms with Gasteiger partial charge in [0.25, 0.3) is 0 Å². The molecule has 0 amide bonds. The number of hydrogen-bond donors (Lipinski definition) is 2. The number of nitrogens with two attached hydrogens (primary N) is 2. The van der Waals surface area contributed by atoms with Gasteiger partial charge in [-0.2, -0.15) is 13.2 Å². The Hall–Kier alpha value is -2.70. The maximum Gasteiger partial charge on any atom is 0.416 e. The van der Waals surface area contributed by atoms with Gasteiger partial charge in [0.05, 0.1) is 17.1 Å². The van der Waals surface area contributed by atoms with E-state index in [2.05, 4.69) is 4.98 Å². The van der Waals surface area contributed by atoms with Crippen LogP contribution in [-0.2, 0) is 6.18 Å². The van der Waals surface area contributed by atoms with Gasteiger partial charge < -0.3 is 15.9 Å². The number of nitrogen functional groups attached to an aromatic ring is 2. The first-order valence-corrected chi connectivity index (χ1v) is 5.97. The Labute approximate surface area is 117 Å². The van der Waals surface area contributed by atoms with Crippen molar-refractivity contribution in [3.8, 4) is 11.1 Å². The predicted octanol–water partition coefficient (Wildman–Crippen LogP) is 3.68. The van der Waals surface area contributed by atoms with Crippen LogP contribution in [0.25, 0.3) is 22.1 Å². The highest BCUT2D eigenvalue weighted by molar-refractivity contribution is 6.04. The average Bonchev–Trinajstić information content (AvgIpc) is 2.73. The molecule has 0 aliphatic heterocycles. The summed E-state index contributed by atoms with van der Waals surface area (Å²) in [7, 11) is 0. The van der Waals surface area contributed by atoms with Crippen LogP contribution in [0.2, 0.25) is 0 Å². The minimum Gasteiger partial charge on any atom is -0.437 e. The standard InChI is InChI=1S/C14H10F3N3O/c15-14(16,17)8-3-1-7(2-4-8)9-5-20-6-10-11(9)12(18)13(19)21-10/h1-6H,18-19H2. The third kappa shape index (κ3) is 2.16. The van der Waals surface area contributed by atoms with Crippen molar-refractivity contribution in [3.63, 3.8) is 0 Å². The van der Waals surface area contributed by atoms with E-state index in [1.807, 2.05) is 0 Å². The number of benzene rings is 1. The van der Waals surface area contributed by atoms with E-state index in [-0.39, 0.29) is 11.6 Å². The number of furan rings is 1. The lowest BCUT2D eigenvalue weighted by atomic mass is 10.0. The molecule has 3 rings (SSSR count). The summed E-state index contributed by atoms with van der Waals surface area (Å²) in [5.74, 6) is 0.0613. The van der Waals surface area contributed by atoms with Crippen molar-refractivity contribution in [2.75, 3.05) is 11.5 Å². The van der Waals surface area contributed by atoms with Gasteiger partial charge in [-0.15, -0.1) is 0 Å². The number of rotatable bonds is 1. The molecule has 0 spiro atoms. The molecule has 0 fully saturated rings. The summed E-state index contributed by atoms with van der Waals surface area (Å²) < 4.78 is 43.0. The molecule has 0 unspecified atom stereocenters. The summed E-state index contributed by atoms with van der Waals surface area (Å²) in [5.41, 5.74) is 12.5. The van der Waals surface area contributed by atoms with Crippen LogP contribution in [0.4, 0.5) is 24.7 Å². The Kier molecular flexibility index (Phi) is 2.79. The summed E-state index contributed by atoms with van der Waals surface area (Å²) in [6, 6.07) is 4.74. The lowest BCUT2D eigenvalue weighted by molar-refractivity contribution is -0.137. The third-order valence-electron chi connectivity index (χ3n) is 3.19. The van der Waals surface area contributed by atoms with Gasteiger partial charge in [-0.25, -0.2) is 0 Å². The normalized spacial score (nSPS) is 12.0. The quantitative estimate of drug-likeness (QED) is 0.717. The third-order valence-corrected chi connectivity index (χ3v) is 3.19. The van der Waals surface area contributed by atoms with Crippen molar-refractivity contribution in [2.24, 2.45) is 0 Å². The molecule has 0 saturated carbocycles. The first-order chi connectivity index (χ1) is 9.88. The molecule has 4 nitrogen and oxygen atoms in total. The first kappa shape index (κ1) is 13.3. The number of anilines is 2. The van der Waals surface area contributed by atoms with Gasteiger partial charge in [0.15, 0.2) is 5.58 Å². The van der Waals surface area contributed by atoms with Gasteiger partial charge in [-0.3, -0.25) is 4.98 Å². The van der Waals surface area contributed by atoms with E-state index in [9.17, 15) is 13.2 Å². The predicted molar refractivity (Wildman–Crippen MR) is 73.3 cm³/mol. The van der Waals surface area contributed by atoms with Gasteiger partial charge in [0.2, 0.25) is 5.88 Å². The molecule has 7 heteroatoms. The molecule has 4 N–H and O–H groups in total. The molecule has 108 valence electrons. The fraction of sp³-hybridized carbons (Fsp3) is 0.0714. The number of hydrogen-bond acceptors (Lipinski definition) is 4. The Balaban J connectivity index is 2.17. The number of aromatic nitrogens is 1. The Morgan fingerprint density at radius 2 is 1.67 bits per heavy atom. The van der Waals surface area contributed by atoms with E-state index in [0.29, 0.717) is 22.1 Å². The maximum absolute atomic E-state index is 12.6. The van der Waals surface area contributed by atoms with Gasteiger partial charge in [0, 0.05) is 11.8 Å². The Bertz CT molecular complexity index is 807. The van der Waals surface area contributed by atoms with Gasteiger partial charge >= 0.3 is 6.18 Å². The molecular weight excluding hydrogens is 283 g/mol. The first-order valence-electron chi connectivity index (χ1n) is 5.97. The second kappa shape index (κ2) is 4.41. The number of fused-ring (bicyclic) bond motifs is 1. The molecule has 2 heterocycles. The molecule has 3 aromatic rings. The van der Waals surface area contributed by atoms with Crippen LogP contribution in [0.5, 0.6) is 0 Å². The average molecular weight is 293 g/mol. The van der Waals surface area contributed by atoms with Crippen molar-refractivity contribution >= 4 is 22.5 Å². The Morgan fingerprint density at radius 3 is 2.29 bits per heavy atom. The SMILES string of the molecule is Nc1oc2cncc(-c3ccc(C(F)(F)F)cc3)c2c1N. The van der Waals surface area contributed by atoms with Crippen LogP contribution in [0.15, 0.2) is 41.1 Å². The topological polar surface area (TPSA) is 78.1 Å². The van der Waals surface area contributed by atoms with Crippen molar-refractivity contribution < 1.29 is 17.6 Å². The van der Waals surface area contributed by atoms with Gasteiger partial charge in [-0.05, 0) is 17.7 Å². The molecule has 0 atom stereocenters. The zero-order valence-electron chi connectivity index (χ0n) is 10.6. The van der Waals surface area contributed by atoms with E-state index < -0.39 is 11.7 Å². The van der Waals surface area contributed by atoms with E-state index in [4.69, 9.17) is 15.9 Å². The van der Waals surface area contributed by atoms with Crippen LogP contribution in [0.1, 0.15) is 5.56 Å². The lowest BCUT2D eigenvalue weighted by Crippen LogP contribution is -2.04. The smallest absolute Gasteiger partial charge is 0.416 e. The number of nitrogens with zero attached hydrogens (tertiary/aromatic N) is 1. The summed E-state index contributed by atoms with van der Waals surface area (Å²) in [6.45, 7) is 0. The summed E-state index contributed by atoms with van der Waals surface area (Å²) in [6.07, 6.45) is -1.41. The molecule has 0 radical (unpaired) electrons. The zero-order chi connectivity index (χ0) is 15.2. The number of pyridine rings is 1. The fourth-order valence-electron chi connectivity index (χ4n) is 2.15. The van der Waals surface area contributed by atoms with Crippen LogP contribution in [0.3, 0.4) is 0 Å². The number of halogens is 3. The zero-order valence-corrected chi connectivity index (χ0v) is 10.6. The maximum atomic E-state index is 12.6. The molecule has 0 aliphatic rings. The van der Waals surface area contributed by atoms with Gasteiger partial charge in [0.1, 0.15) is 5.69 Å². The van der Waals surface area contributed by atoms with Crippen LogP contribution in [0, 0.1) is 0 Å². The highest BCUT2D eigenvalue weighted by Gasteiger charge is 2.30. The lowest BCUT2D eigenvalue weighted by Gasteiger charge is -2.08. The molecule has 2 aromatic heterocycles. The summed E-state index contributed by atoms with van der Waals surface area (Å²) in [4.78, 5) is 3.99. The highest BCUT2D eigenvalue weighted by atomic mass is 19.4. The van der Waals surface area contributed by atoms with Crippen LogP contribution < -0.4 is 11.5 Å². The van der Waals surface area contributed by atoms with Gasteiger partial charge in [-0.1, -0.05) is 12.1 Å². The monoisotopic (exact) mass is 293 g/mol. The van der Waals surface area contributed by atoms with E-state index >= 15 is 0 Å². The molecule has 21 heavy (non-hydrogen) atoms. The number of alkyl halides is 3. The van der Waals surface area contributed by atoms with Crippen molar-refractivity contribution in [2.45, 2.75) is 6.18 Å². The van der Waals surface area contributed by atoms with E-state index in [1.165, 1.54) is 24.5 Å². The minimum absolute atomic E-state index is 0.0613. The summed E-state index contributed by atoms with van der Waals surface area (Å²) >= 11 is 0. The minimum atomic E-state index is -4.37. The largest absolute Gasteiger partial charge is 0.437 e. The molecular formula is C14H10F3N3O. The van der Waals surface area contributed by atoms with Crippen molar-refractivity contribution in [1.29, 1.82) is 0 Å². The fourth-order valence-corrected chi connectivity index (χ4v) is 2.15. The second-order valence-corrected chi connectivity index (χ2v) is 4.52. The molecule has 0 saturated heterocycles. The molecule has 0 aliphatic carbocycles. The van der Waals surface area contributed by atoms with Crippen LogP contribution >= 0.6 is 0 Å². The highest BCUT2D eigenvalue weighted by Crippen LogP contribution is 2.38. The van der Waals surface area contributed by atoms with Crippen LogP contribution in [-0.4, -0.2) is 4.98 Å². The van der Waals surface area contributed by atoms with Crippen molar-refractivity contribution in [1.82, 2.24) is 4.98 Å². The summed E-state index contributed by atoms with van der Waals surface area (Å²) in [5, 5.41) is 0.544. The molecule has 1 aromatic carbocycles. The van der Waals surface area contributed by atoms with E-state index in [0.717, 1.165) is 12.1 Å². The van der Waals surface area contributed by atoms with E-state index in [1.54, 1.807) is 0 Å².